The number of nitrogens with zero attached hydrogens (tertiary/aromatic N) is 3. The lowest BCUT2D eigenvalue weighted by atomic mass is 9.91. The number of carbonyl (C=O) groups is 2. The van der Waals surface area contributed by atoms with Gasteiger partial charge < -0.3 is 0 Å². The first-order valence-corrected chi connectivity index (χ1v) is 7.48. The number of hydrogen-bond acceptors (Lipinski definition) is 4. The summed E-state index contributed by atoms with van der Waals surface area (Å²) in [6.07, 6.45) is 0.736. The summed E-state index contributed by atoms with van der Waals surface area (Å²) >= 11 is 0. The van der Waals surface area contributed by atoms with Crippen LogP contribution in [0.2, 0.25) is 0 Å². The van der Waals surface area contributed by atoms with Gasteiger partial charge in [0.05, 0.1) is 11.7 Å². The molecule has 0 aliphatic carbocycles. The average Bonchev–Trinajstić information content (AvgIpc) is 2.99. The molecule has 2 aliphatic rings. The predicted molar refractivity (Wildman–Crippen MR) is 84.0 cm³/mol. The summed E-state index contributed by atoms with van der Waals surface area (Å²) < 4.78 is 0. The molecule has 1 fully saturated rings. The third kappa shape index (κ3) is 2.24. The van der Waals surface area contributed by atoms with E-state index in [1.54, 1.807) is 11.9 Å². The van der Waals surface area contributed by atoms with Crippen molar-refractivity contribution in [2.24, 2.45) is 11.0 Å². The molecule has 1 N–H and O–H groups in total. The fraction of sp³-hybridized carbons (Fsp3) is 0.438. The van der Waals surface area contributed by atoms with Gasteiger partial charge in [0.15, 0.2) is 0 Å². The van der Waals surface area contributed by atoms with Gasteiger partial charge in [0.25, 0.3) is 5.91 Å². The topological polar surface area (TPSA) is 65.0 Å². The van der Waals surface area contributed by atoms with Crippen LogP contribution in [0.3, 0.4) is 0 Å². The van der Waals surface area contributed by atoms with Crippen molar-refractivity contribution in [1.82, 2.24) is 10.4 Å². The van der Waals surface area contributed by atoms with E-state index in [1.165, 1.54) is 0 Å². The summed E-state index contributed by atoms with van der Waals surface area (Å²) in [4.78, 5) is 24.4. The van der Waals surface area contributed by atoms with Crippen molar-refractivity contribution in [3.05, 3.63) is 30.3 Å². The molecule has 6 nitrogen and oxygen atoms in total. The Bertz CT molecular complexity index is 628. The first kappa shape index (κ1) is 14.6. The average molecular weight is 300 g/mol. The first-order valence-electron chi connectivity index (χ1n) is 7.48. The van der Waals surface area contributed by atoms with Gasteiger partial charge in [-0.3, -0.25) is 14.6 Å². The Kier molecular flexibility index (Phi) is 3.60. The Hall–Kier alpha value is -2.37. The van der Waals surface area contributed by atoms with Crippen LogP contribution in [0.15, 0.2) is 35.4 Å². The third-order valence-corrected chi connectivity index (χ3v) is 4.35. The van der Waals surface area contributed by atoms with Crippen LogP contribution < -0.4 is 10.4 Å². The van der Waals surface area contributed by atoms with Crippen LogP contribution in [0, 0.1) is 5.92 Å². The van der Waals surface area contributed by atoms with E-state index >= 15 is 0 Å². The molecule has 3 rings (SSSR count). The van der Waals surface area contributed by atoms with Gasteiger partial charge in [-0.05, 0) is 32.4 Å². The SMILES string of the molecule is CC(=O)N1[C@H]([C@H]2C(=O)NN=C2C)C[C@@H](C)N1c1ccccc1. The normalized spacial score (nSPS) is 27.9. The highest BCUT2D eigenvalue weighted by atomic mass is 16.2. The highest BCUT2D eigenvalue weighted by Gasteiger charge is 2.47. The van der Waals surface area contributed by atoms with Crippen molar-refractivity contribution in [3.8, 4) is 0 Å². The highest BCUT2D eigenvalue weighted by Crippen LogP contribution is 2.35. The molecule has 0 radical (unpaired) electrons. The molecular formula is C16H20N4O2. The Morgan fingerprint density at radius 2 is 2.00 bits per heavy atom. The number of hydrogen-bond donors (Lipinski definition) is 1. The Morgan fingerprint density at radius 3 is 2.55 bits per heavy atom. The van der Waals surface area contributed by atoms with Crippen molar-refractivity contribution in [2.45, 2.75) is 39.3 Å². The fourth-order valence-corrected chi connectivity index (χ4v) is 3.47. The molecule has 2 aliphatic heterocycles. The van der Waals surface area contributed by atoms with Crippen LogP contribution in [-0.2, 0) is 9.59 Å². The lowest BCUT2D eigenvalue weighted by Gasteiger charge is -2.36. The number of hydrazine groups is 1. The second-order valence-corrected chi connectivity index (χ2v) is 5.90. The molecule has 1 aromatic rings. The molecule has 2 amide bonds. The zero-order valence-corrected chi connectivity index (χ0v) is 13.0. The number of amides is 2. The summed E-state index contributed by atoms with van der Waals surface area (Å²) in [6.45, 7) is 5.44. The van der Waals surface area contributed by atoms with Gasteiger partial charge in [0.1, 0.15) is 5.92 Å². The molecule has 0 saturated carbocycles. The Balaban J connectivity index is 1.98. The van der Waals surface area contributed by atoms with Crippen molar-refractivity contribution in [3.63, 3.8) is 0 Å². The van der Waals surface area contributed by atoms with Crippen molar-refractivity contribution >= 4 is 23.2 Å². The maximum absolute atomic E-state index is 12.3. The van der Waals surface area contributed by atoms with Gasteiger partial charge in [-0.15, -0.1) is 0 Å². The number of hydrazone groups is 1. The number of benzene rings is 1. The molecule has 6 heteroatoms. The van der Waals surface area contributed by atoms with Gasteiger partial charge in [-0.25, -0.2) is 10.4 Å². The van der Waals surface area contributed by atoms with Crippen LogP contribution in [0.4, 0.5) is 5.69 Å². The summed E-state index contributed by atoms with van der Waals surface area (Å²) in [5.41, 5.74) is 4.22. The molecule has 3 atom stereocenters. The molecule has 1 aromatic carbocycles. The van der Waals surface area contributed by atoms with E-state index in [-0.39, 0.29) is 29.8 Å². The fourth-order valence-electron chi connectivity index (χ4n) is 3.47. The zero-order chi connectivity index (χ0) is 15.9. The van der Waals surface area contributed by atoms with Crippen LogP contribution in [-0.4, -0.2) is 34.6 Å². The van der Waals surface area contributed by atoms with E-state index in [0.29, 0.717) is 0 Å². The Morgan fingerprint density at radius 1 is 1.32 bits per heavy atom. The maximum Gasteiger partial charge on any atom is 0.251 e. The molecule has 116 valence electrons. The molecule has 0 aromatic heterocycles. The largest absolute Gasteiger partial charge is 0.280 e. The lowest BCUT2D eigenvalue weighted by Crippen LogP contribution is -2.51. The maximum atomic E-state index is 12.3. The van der Waals surface area contributed by atoms with Gasteiger partial charge in [-0.1, -0.05) is 18.2 Å². The smallest absolute Gasteiger partial charge is 0.251 e. The predicted octanol–water partition coefficient (Wildman–Crippen LogP) is 1.54. The number of para-hydroxylation sites is 1. The standard InChI is InChI=1S/C16H20N4O2/c1-10-9-14(15-11(2)17-18-16(15)22)20(12(3)21)19(10)13-7-5-4-6-8-13/h4-8,10,14-15H,9H2,1-3H3,(H,18,22)/t10-,14+,15+/m1/s1. The number of rotatable bonds is 2. The molecule has 1 saturated heterocycles. The van der Waals surface area contributed by atoms with Crippen LogP contribution in [0.25, 0.3) is 0 Å². The second kappa shape index (κ2) is 5.44. The number of carbonyl (C=O) groups excluding carboxylic acids is 2. The molecule has 22 heavy (non-hydrogen) atoms. The number of anilines is 1. The molecule has 0 spiro atoms. The minimum atomic E-state index is -0.375. The minimum absolute atomic E-state index is 0.0642. The first-order chi connectivity index (χ1) is 10.5. The van der Waals surface area contributed by atoms with Crippen LogP contribution in [0.5, 0.6) is 0 Å². The van der Waals surface area contributed by atoms with Gasteiger partial charge >= 0.3 is 0 Å². The second-order valence-electron chi connectivity index (χ2n) is 5.90. The van der Waals surface area contributed by atoms with Crippen molar-refractivity contribution in [1.29, 1.82) is 0 Å². The minimum Gasteiger partial charge on any atom is -0.280 e. The monoisotopic (exact) mass is 300 g/mol. The van der Waals surface area contributed by atoms with Crippen molar-refractivity contribution < 1.29 is 9.59 Å². The molecule has 0 bridgehead atoms. The summed E-state index contributed by atoms with van der Waals surface area (Å²) in [5.74, 6) is -0.568. The van der Waals surface area contributed by atoms with E-state index < -0.39 is 0 Å². The van der Waals surface area contributed by atoms with E-state index in [2.05, 4.69) is 17.5 Å². The van der Waals surface area contributed by atoms with E-state index in [0.717, 1.165) is 17.8 Å². The number of nitrogens with one attached hydrogen (secondary N) is 1. The quantitative estimate of drug-likeness (QED) is 0.901. The van der Waals surface area contributed by atoms with Gasteiger partial charge in [0.2, 0.25) is 5.91 Å². The third-order valence-electron chi connectivity index (χ3n) is 4.35. The van der Waals surface area contributed by atoms with E-state index in [1.807, 2.05) is 42.3 Å². The van der Waals surface area contributed by atoms with E-state index in [9.17, 15) is 9.59 Å². The summed E-state index contributed by atoms with van der Waals surface area (Å²) in [5, 5.41) is 7.73. The van der Waals surface area contributed by atoms with Crippen LogP contribution in [0.1, 0.15) is 27.2 Å². The highest BCUT2D eigenvalue weighted by molar-refractivity contribution is 6.08. The summed E-state index contributed by atoms with van der Waals surface area (Å²) in [6, 6.07) is 9.73. The van der Waals surface area contributed by atoms with Gasteiger partial charge in [-0.2, -0.15) is 5.10 Å². The molecule has 0 unspecified atom stereocenters. The zero-order valence-electron chi connectivity index (χ0n) is 13.0. The molecular weight excluding hydrogens is 280 g/mol. The Labute approximate surface area is 129 Å². The van der Waals surface area contributed by atoms with Crippen molar-refractivity contribution in [2.75, 3.05) is 5.01 Å². The van der Waals surface area contributed by atoms with Gasteiger partial charge in [0, 0.05) is 18.7 Å². The lowest BCUT2D eigenvalue weighted by molar-refractivity contribution is -0.132. The van der Waals surface area contributed by atoms with E-state index in [4.69, 9.17) is 0 Å². The summed E-state index contributed by atoms with van der Waals surface area (Å²) in [7, 11) is 0. The molecule has 2 heterocycles. The van der Waals surface area contributed by atoms with Crippen LogP contribution >= 0.6 is 0 Å².